The SMILES string of the molecule is CCN1CCC(N2CCC(C(=O)NCc3ccc(COC)cc3)CC2)CC1. The molecule has 1 N–H and O–H groups in total. The minimum absolute atomic E-state index is 0.171. The molecule has 0 bridgehead atoms. The van der Waals surface area contributed by atoms with E-state index in [1.54, 1.807) is 7.11 Å². The van der Waals surface area contributed by atoms with Crippen LogP contribution in [0.1, 0.15) is 43.7 Å². The van der Waals surface area contributed by atoms with E-state index in [9.17, 15) is 4.79 Å². The van der Waals surface area contributed by atoms with Gasteiger partial charge < -0.3 is 19.9 Å². The number of hydrogen-bond acceptors (Lipinski definition) is 4. The third-order valence-electron chi connectivity index (χ3n) is 6.22. The van der Waals surface area contributed by atoms with Crippen molar-refractivity contribution in [2.24, 2.45) is 5.92 Å². The van der Waals surface area contributed by atoms with Gasteiger partial charge in [-0.25, -0.2) is 0 Å². The zero-order valence-electron chi connectivity index (χ0n) is 17.0. The van der Waals surface area contributed by atoms with Crippen molar-refractivity contribution in [3.8, 4) is 0 Å². The lowest BCUT2D eigenvalue weighted by atomic mass is 9.92. The number of carbonyl (C=O) groups is 1. The molecule has 0 atom stereocenters. The van der Waals surface area contributed by atoms with Crippen LogP contribution in [0.15, 0.2) is 24.3 Å². The van der Waals surface area contributed by atoms with Gasteiger partial charge in [0.2, 0.25) is 5.91 Å². The molecule has 1 aromatic carbocycles. The molecular weight excluding hydrogens is 338 g/mol. The molecule has 27 heavy (non-hydrogen) atoms. The highest BCUT2D eigenvalue weighted by Gasteiger charge is 2.30. The van der Waals surface area contributed by atoms with Crippen molar-refractivity contribution in [3.05, 3.63) is 35.4 Å². The minimum Gasteiger partial charge on any atom is -0.380 e. The van der Waals surface area contributed by atoms with Crippen molar-refractivity contribution < 1.29 is 9.53 Å². The molecule has 3 rings (SSSR count). The molecule has 5 nitrogen and oxygen atoms in total. The molecule has 0 saturated carbocycles. The molecule has 0 aliphatic carbocycles. The van der Waals surface area contributed by atoms with E-state index in [1.807, 2.05) is 0 Å². The van der Waals surface area contributed by atoms with Crippen LogP contribution in [0, 0.1) is 5.92 Å². The van der Waals surface area contributed by atoms with Crippen molar-refractivity contribution in [1.29, 1.82) is 0 Å². The van der Waals surface area contributed by atoms with Crippen molar-refractivity contribution in [2.75, 3.05) is 39.8 Å². The standard InChI is InChI=1S/C22H35N3O2/c1-3-24-12-10-21(11-13-24)25-14-8-20(9-15-25)22(26)23-16-18-4-6-19(7-5-18)17-27-2/h4-7,20-21H,3,8-17H2,1-2H3,(H,23,26). The second kappa shape index (κ2) is 10.2. The lowest BCUT2D eigenvalue weighted by molar-refractivity contribution is -0.126. The summed E-state index contributed by atoms with van der Waals surface area (Å²) in [5, 5.41) is 3.13. The number of likely N-dealkylation sites (tertiary alicyclic amines) is 2. The lowest BCUT2D eigenvalue weighted by Gasteiger charge is -2.41. The molecule has 1 aromatic rings. The smallest absolute Gasteiger partial charge is 0.223 e. The number of hydrogen-bond donors (Lipinski definition) is 1. The molecular formula is C22H35N3O2. The summed E-state index contributed by atoms with van der Waals surface area (Å²) in [6, 6.07) is 8.99. The van der Waals surface area contributed by atoms with Crippen LogP contribution in [0.3, 0.4) is 0 Å². The molecule has 2 aliphatic heterocycles. The predicted octanol–water partition coefficient (Wildman–Crippen LogP) is 2.65. The molecule has 2 saturated heterocycles. The van der Waals surface area contributed by atoms with E-state index in [2.05, 4.69) is 46.3 Å². The number of nitrogens with zero attached hydrogens (tertiary/aromatic N) is 2. The predicted molar refractivity (Wildman–Crippen MR) is 108 cm³/mol. The van der Waals surface area contributed by atoms with Gasteiger partial charge in [0.1, 0.15) is 0 Å². The number of methoxy groups -OCH3 is 1. The number of amides is 1. The quantitative estimate of drug-likeness (QED) is 0.798. The summed E-state index contributed by atoms with van der Waals surface area (Å²) in [7, 11) is 1.70. The van der Waals surface area contributed by atoms with Crippen LogP contribution in [0.4, 0.5) is 0 Å². The fourth-order valence-corrected chi connectivity index (χ4v) is 4.38. The van der Waals surface area contributed by atoms with Gasteiger partial charge in [0, 0.05) is 25.6 Å². The normalized spacial score (nSPS) is 20.7. The largest absolute Gasteiger partial charge is 0.380 e. The second-order valence-corrected chi connectivity index (χ2v) is 7.94. The Bertz CT molecular complexity index is 574. The van der Waals surface area contributed by atoms with E-state index in [0.717, 1.165) is 43.1 Å². The Balaban J connectivity index is 1.38. The molecule has 0 unspecified atom stereocenters. The van der Waals surface area contributed by atoms with Crippen LogP contribution in [-0.4, -0.2) is 61.6 Å². The molecule has 2 heterocycles. The zero-order chi connectivity index (χ0) is 19.1. The van der Waals surface area contributed by atoms with Crippen LogP contribution in [0.5, 0.6) is 0 Å². The number of benzene rings is 1. The molecule has 5 heteroatoms. The second-order valence-electron chi connectivity index (χ2n) is 7.94. The van der Waals surface area contributed by atoms with E-state index in [4.69, 9.17) is 4.74 Å². The molecule has 0 spiro atoms. The minimum atomic E-state index is 0.171. The Labute approximate surface area is 164 Å². The molecule has 0 aromatic heterocycles. The number of rotatable bonds is 7. The van der Waals surface area contributed by atoms with Gasteiger partial charge in [-0.15, -0.1) is 0 Å². The van der Waals surface area contributed by atoms with E-state index < -0.39 is 0 Å². The van der Waals surface area contributed by atoms with Gasteiger partial charge in [0.15, 0.2) is 0 Å². The third kappa shape index (κ3) is 5.77. The maximum Gasteiger partial charge on any atom is 0.223 e. The number of piperidine rings is 2. The van der Waals surface area contributed by atoms with Crippen LogP contribution < -0.4 is 5.32 Å². The van der Waals surface area contributed by atoms with Gasteiger partial charge in [-0.1, -0.05) is 31.2 Å². The Morgan fingerprint density at radius 3 is 2.26 bits per heavy atom. The summed E-state index contributed by atoms with van der Waals surface area (Å²) < 4.78 is 5.13. The topological polar surface area (TPSA) is 44.8 Å². The molecule has 0 radical (unpaired) electrons. The zero-order valence-corrected chi connectivity index (χ0v) is 17.0. The van der Waals surface area contributed by atoms with E-state index in [0.29, 0.717) is 13.2 Å². The summed E-state index contributed by atoms with van der Waals surface area (Å²) >= 11 is 0. The summed E-state index contributed by atoms with van der Waals surface area (Å²) in [6.45, 7) is 9.25. The monoisotopic (exact) mass is 373 g/mol. The van der Waals surface area contributed by atoms with Crippen molar-refractivity contribution >= 4 is 5.91 Å². The summed E-state index contributed by atoms with van der Waals surface area (Å²) in [5.74, 6) is 0.390. The third-order valence-corrected chi connectivity index (χ3v) is 6.22. The van der Waals surface area contributed by atoms with E-state index >= 15 is 0 Å². The lowest BCUT2D eigenvalue weighted by Crippen LogP contribution is -2.49. The highest BCUT2D eigenvalue weighted by atomic mass is 16.5. The van der Waals surface area contributed by atoms with E-state index in [-0.39, 0.29) is 11.8 Å². The highest BCUT2D eigenvalue weighted by molar-refractivity contribution is 5.78. The first kappa shape index (κ1) is 20.3. The molecule has 2 fully saturated rings. The summed E-state index contributed by atoms with van der Waals surface area (Å²) in [5.41, 5.74) is 2.30. The average molecular weight is 374 g/mol. The van der Waals surface area contributed by atoms with Crippen molar-refractivity contribution in [2.45, 2.75) is 51.8 Å². The van der Waals surface area contributed by atoms with Crippen LogP contribution >= 0.6 is 0 Å². The van der Waals surface area contributed by atoms with Gasteiger partial charge in [0.05, 0.1) is 6.61 Å². The fraction of sp³-hybridized carbons (Fsp3) is 0.682. The van der Waals surface area contributed by atoms with Gasteiger partial charge >= 0.3 is 0 Å². The van der Waals surface area contributed by atoms with Crippen LogP contribution in [0.25, 0.3) is 0 Å². The maximum atomic E-state index is 12.5. The Morgan fingerprint density at radius 2 is 1.67 bits per heavy atom. The molecule has 150 valence electrons. The Morgan fingerprint density at radius 1 is 1.04 bits per heavy atom. The fourth-order valence-electron chi connectivity index (χ4n) is 4.38. The summed E-state index contributed by atoms with van der Waals surface area (Å²) in [4.78, 5) is 17.7. The van der Waals surface area contributed by atoms with Crippen molar-refractivity contribution in [1.82, 2.24) is 15.1 Å². The maximum absolute atomic E-state index is 12.5. The Hall–Kier alpha value is -1.43. The first-order valence-electron chi connectivity index (χ1n) is 10.5. The van der Waals surface area contributed by atoms with Gasteiger partial charge in [0.25, 0.3) is 0 Å². The van der Waals surface area contributed by atoms with E-state index in [1.165, 1.54) is 32.5 Å². The number of ether oxygens (including phenoxy) is 1. The van der Waals surface area contributed by atoms with Crippen LogP contribution in [-0.2, 0) is 22.7 Å². The highest BCUT2D eigenvalue weighted by Crippen LogP contribution is 2.24. The first-order chi connectivity index (χ1) is 13.2. The summed E-state index contributed by atoms with van der Waals surface area (Å²) in [6.07, 6.45) is 4.55. The van der Waals surface area contributed by atoms with Gasteiger partial charge in [-0.05, 0) is 69.5 Å². The molecule has 1 amide bonds. The number of carbonyl (C=O) groups excluding carboxylic acids is 1. The van der Waals surface area contributed by atoms with Crippen molar-refractivity contribution in [3.63, 3.8) is 0 Å². The van der Waals surface area contributed by atoms with Gasteiger partial charge in [-0.3, -0.25) is 4.79 Å². The first-order valence-corrected chi connectivity index (χ1v) is 10.5. The Kier molecular flexibility index (Phi) is 7.68. The molecule has 2 aliphatic rings. The van der Waals surface area contributed by atoms with Crippen LogP contribution in [0.2, 0.25) is 0 Å². The number of nitrogens with one attached hydrogen (secondary N) is 1. The van der Waals surface area contributed by atoms with Gasteiger partial charge in [-0.2, -0.15) is 0 Å². The average Bonchev–Trinajstić information content (AvgIpc) is 2.73.